The molecular weight excluding hydrogens is 338 g/mol. The molecular formula is C17H21N5O2S. The first-order chi connectivity index (χ1) is 12.2. The first-order valence-corrected chi connectivity index (χ1v) is 9.23. The van der Waals surface area contributed by atoms with Crippen LogP contribution in [-0.4, -0.2) is 64.7 Å². The third-order valence-corrected chi connectivity index (χ3v) is 5.38. The summed E-state index contributed by atoms with van der Waals surface area (Å²) in [6, 6.07) is 7.92. The van der Waals surface area contributed by atoms with Crippen molar-refractivity contribution in [1.82, 2.24) is 24.7 Å². The summed E-state index contributed by atoms with van der Waals surface area (Å²) in [7, 11) is 1.67. The molecule has 3 aromatic rings. The topological polar surface area (TPSA) is 64.8 Å². The third-order valence-electron chi connectivity index (χ3n) is 4.43. The van der Waals surface area contributed by atoms with Crippen molar-refractivity contribution in [3.63, 3.8) is 0 Å². The van der Waals surface area contributed by atoms with Gasteiger partial charge in [-0.25, -0.2) is 0 Å². The van der Waals surface area contributed by atoms with Crippen LogP contribution in [0.5, 0.6) is 5.75 Å². The molecule has 7 nitrogen and oxygen atoms in total. The average molecular weight is 359 g/mol. The molecule has 1 aliphatic heterocycles. The summed E-state index contributed by atoms with van der Waals surface area (Å²) in [5, 5.41) is 14.4. The molecule has 1 aliphatic rings. The highest BCUT2D eigenvalue weighted by Gasteiger charge is 2.21. The molecule has 1 unspecified atom stereocenters. The summed E-state index contributed by atoms with van der Waals surface area (Å²) in [5.41, 5.74) is 1.06. The fraction of sp³-hybridized carbons (Fsp3) is 0.471. The Kier molecular flexibility index (Phi) is 4.65. The maximum absolute atomic E-state index is 5.42. The quantitative estimate of drug-likeness (QED) is 0.696. The maximum Gasteiger partial charge on any atom is 0.234 e. The molecule has 0 saturated carbocycles. The van der Waals surface area contributed by atoms with Gasteiger partial charge in [0, 0.05) is 31.1 Å². The van der Waals surface area contributed by atoms with Gasteiger partial charge in [-0.3, -0.25) is 4.90 Å². The van der Waals surface area contributed by atoms with Crippen molar-refractivity contribution in [2.75, 3.05) is 40.0 Å². The molecule has 1 aromatic carbocycles. The van der Waals surface area contributed by atoms with Crippen LogP contribution in [0.4, 0.5) is 0 Å². The summed E-state index contributed by atoms with van der Waals surface area (Å²) < 4.78 is 12.5. The summed E-state index contributed by atoms with van der Waals surface area (Å²) in [6.07, 6.45) is 0. The molecule has 25 heavy (non-hydrogen) atoms. The third kappa shape index (κ3) is 3.37. The Morgan fingerprint density at radius 1 is 1.20 bits per heavy atom. The highest BCUT2D eigenvalue weighted by atomic mass is 32.1. The summed E-state index contributed by atoms with van der Waals surface area (Å²) in [6.45, 7) is 6.68. The van der Waals surface area contributed by atoms with Crippen molar-refractivity contribution in [2.45, 2.75) is 12.8 Å². The Morgan fingerprint density at radius 3 is 2.68 bits per heavy atom. The Labute approximate surface area is 150 Å². The molecule has 3 heterocycles. The van der Waals surface area contributed by atoms with Crippen molar-refractivity contribution >= 4 is 16.3 Å². The van der Waals surface area contributed by atoms with E-state index in [1.165, 1.54) is 0 Å². The lowest BCUT2D eigenvalue weighted by Crippen LogP contribution is -2.38. The molecule has 0 spiro atoms. The number of hydrogen-bond acceptors (Lipinski definition) is 7. The normalized spacial score (nSPS) is 17.0. The zero-order chi connectivity index (χ0) is 17.2. The second-order valence-electron chi connectivity index (χ2n) is 6.20. The lowest BCUT2D eigenvalue weighted by Gasteiger charge is -2.28. The predicted molar refractivity (Wildman–Crippen MR) is 96.3 cm³/mol. The predicted octanol–water partition coefficient (Wildman–Crippen LogP) is 2.30. The van der Waals surface area contributed by atoms with E-state index in [0.717, 1.165) is 60.0 Å². The van der Waals surface area contributed by atoms with Gasteiger partial charge >= 0.3 is 0 Å². The molecule has 0 N–H and O–H groups in total. The van der Waals surface area contributed by atoms with Crippen LogP contribution in [0.25, 0.3) is 15.5 Å². The summed E-state index contributed by atoms with van der Waals surface area (Å²) >= 11 is 1.55. The van der Waals surface area contributed by atoms with Crippen molar-refractivity contribution in [3.8, 4) is 16.3 Å². The van der Waals surface area contributed by atoms with Gasteiger partial charge in [-0.15, -0.1) is 10.2 Å². The fourth-order valence-corrected chi connectivity index (χ4v) is 3.89. The van der Waals surface area contributed by atoms with Crippen LogP contribution >= 0.6 is 11.3 Å². The van der Waals surface area contributed by atoms with Crippen LogP contribution in [0.1, 0.15) is 18.7 Å². The van der Waals surface area contributed by atoms with Gasteiger partial charge in [0.1, 0.15) is 10.8 Å². The molecule has 4 rings (SSSR count). The van der Waals surface area contributed by atoms with Gasteiger partial charge in [-0.1, -0.05) is 18.3 Å². The first kappa shape index (κ1) is 16.4. The standard InChI is InChI=1S/C17H21N5O2S/c1-12(11-21-7-9-24-10-8-21)15-18-19-17-22(15)20-16(25-17)13-3-5-14(23-2)6-4-13/h3-6,12H,7-11H2,1-2H3. The second-order valence-corrected chi connectivity index (χ2v) is 7.16. The molecule has 2 aromatic heterocycles. The molecule has 0 radical (unpaired) electrons. The number of fused-ring (bicyclic) bond motifs is 1. The number of benzene rings is 1. The molecule has 1 saturated heterocycles. The van der Waals surface area contributed by atoms with Gasteiger partial charge in [0.15, 0.2) is 5.82 Å². The molecule has 1 fully saturated rings. The lowest BCUT2D eigenvalue weighted by atomic mass is 10.1. The lowest BCUT2D eigenvalue weighted by molar-refractivity contribution is 0.0353. The van der Waals surface area contributed by atoms with E-state index in [2.05, 4.69) is 22.0 Å². The summed E-state index contributed by atoms with van der Waals surface area (Å²) in [5.74, 6) is 2.02. The Morgan fingerprint density at radius 2 is 1.96 bits per heavy atom. The smallest absolute Gasteiger partial charge is 0.234 e. The number of hydrogen-bond donors (Lipinski definition) is 0. The van der Waals surface area contributed by atoms with E-state index in [4.69, 9.17) is 14.6 Å². The van der Waals surface area contributed by atoms with Crippen molar-refractivity contribution in [3.05, 3.63) is 30.1 Å². The number of aromatic nitrogens is 4. The minimum absolute atomic E-state index is 0.263. The monoisotopic (exact) mass is 359 g/mol. The van der Waals surface area contributed by atoms with Crippen molar-refractivity contribution in [2.24, 2.45) is 0 Å². The molecule has 1 atom stereocenters. The van der Waals surface area contributed by atoms with E-state index in [-0.39, 0.29) is 5.92 Å². The first-order valence-electron chi connectivity index (χ1n) is 8.41. The van der Waals surface area contributed by atoms with Gasteiger partial charge in [0.2, 0.25) is 4.96 Å². The Balaban J connectivity index is 1.56. The summed E-state index contributed by atoms with van der Waals surface area (Å²) in [4.78, 5) is 3.24. The molecule has 0 bridgehead atoms. The van der Waals surface area contributed by atoms with Crippen molar-refractivity contribution < 1.29 is 9.47 Å². The minimum Gasteiger partial charge on any atom is -0.497 e. The van der Waals surface area contributed by atoms with E-state index in [1.807, 2.05) is 28.8 Å². The minimum atomic E-state index is 0.263. The highest BCUT2D eigenvalue weighted by Crippen LogP contribution is 2.28. The maximum atomic E-state index is 5.42. The van der Waals surface area contributed by atoms with Gasteiger partial charge in [0.05, 0.1) is 20.3 Å². The SMILES string of the molecule is COc1ccc(-c2nn3c(C(C)CN4CCOCC4)nnc3s2)cc1. The second kappa shape index (κ2) is 7.07. The zero-order valence-corrected chi connectivity index (χ0v) is 15.2. The number of rotatable bonds is 5. The van der Waals surface area contributed by atoms with E-state index in [0.29, 0.717) is 0 Å². The number of morpholine rings is 1. The largest absolute Gasteiger partial charge is 0.497 e. The van der Waals surface area contributed by atoms with Crippen LogP contribution in [0.2, 0.25) is 0 Å². The van der Waals surface area contributed by atoms with Crippen LogP contribution in [-0.2, 0) is 4.74 Å². The highest BCUT2D eigenvalue weighted by molar-refractivity contribution is 7.19. The van der Waals surface area contributed by atoms with Crippen LogP contribution in [0, 0.1) is 0 Å². The number of methoxy groups -OCH3 is 1. The van der Waals surface area contributed by atoms with Gasteiger partial charge in [-0.2, -0.15) is 9.61 Å². The van der Waals surface area contributed by atoms with E-state index >= 15 is 0 Å². The average Bonchev–Trinajstić information content (AvgIpc) is 3.23. The van der Waals surface area contributed by atoms with E-state index in [9.17, 15) is 0 Å². The van der Waals surface area contributed by atoms with E-state index in [1.54, 1.807) is 18.4 Å². The van der Waals surface area contributed by atoms with Crippen LogP contribution < -0.4 is 4.74 Å². The number of ether oxygens (including phenoxy) is 2. The Hall–Kier alpha value is -2.03. The molecule has 132 valence electrons. The Bertz CT molecular complexity index is 838. The fourth-order valence-electron chi connectivity index (χ4n) is 3.04. The van der Waals surface area contributed by atoms with Crippen LogP contribution in [0.15, 0.2) is 24.3 Å². The molecule has 8 heteroatoms. The van der Waals surface area contributed by atoms with Gasteiger partial charge < -0.3 is 9.47 Å². The number of nitrogens with zero attached hydrogens (tertiary/aromatic N) is 5. The molecule has 0 amide bonds. The molecule has 0 aliphatic carbocycles. The van der Waals surface area contributed by atoms with Crippen LogP contribution in [0.3, 0.4) is 0 Å². The van der Waals surface area contributed by atoms with Gasteiger partial charge in [-0.05, 0) is 24.3 Å². The van der Waals surface area contributed by atoms with Crippen molar-refractivity contribution in [1.29, 1.82) is 0 Å². The van der Waals surface area contributed by atoms with Gasteiger partial charge in [0.25, 0.3) is 0 Å². The van der Waals surface area contributed by atoms with E-state index < -0.39 is 0 Å². The zero-order valence-electron chi connectivity index (χ0n) is 14.4.